The molecule has 0 saturated carbocycles. The molecule has 19 heavy (non-hydrogen) atoms. The lowest BCUT2D eigenvalue weighted by Gasteiger charge is -2.23. The first-order valence-corrected chi connectivity index (χ1v) is 6.54. The van der Waals surface area contributed by atoms with Gasteiger partial charge in [-0.3, -0.25) is 9.59 Å². The van der Waals surface area contributed by atoms with E-state index in [1.54, 1.807) is 4.90 Å². The van der Waals surface area contributed by atoms with E-state index >= 15 is 0 Å². The molecule has 2 heterocycles. The molecule has 1 fully saturated rings. The lowest BCUT2D eigenvalue weighted by Crippen LogP contribution is -2.34. The lowest BCUT2D eigenvalue weighted by atomic mass is 10.2. The van der Waals surface area contributed by atoms with Gasteiger partial charge in [0.25, 0.3) is 5.56 Å². The van der Waals surface area contributed by atoms with Gasteiger partial charge >= 0.3 is 0 Å². The highest BCUT2D eigenvalue weighted by molar-refractivity contribution is 5.78. The van der Waals surface area contributed by atoms with Crippen molar-refractivity contribution in [2.45, 2.75) is 32.2 Å². The number of amides is 1. The van der Waals surface area contributed by atoms with E-state index in [2.05, 4.69) is 9.97 Å². The quantitative estimate of drug-likeness (QED) is 0.867. The number of H-pyrrole nitrogens is 1. The second kappa shape index (κ2) is 5.97. The topological polar surface area (TPSA) is 75.3 Å². The number of nitrogens with one attached hydrogen (secondary N) is 1. The van der Waals surface area contributed by atoms with E-state index in [0.29, 0.717) is 18.8 Å². The van der Waals surface area contributed by atoms with E-state index in [-0.39, 0.29) is 24.1 Å². The van der Waals surface area contributed by atoms with E-state index in [1.165, 1.54) is 13.2 Å². The summed E-state index contributed by atoms with van der Waals surface area (Å²) in [6, 6.07) is 1.36. The van der Waals surface area contributed by atoms with Crippen LogP contribution in [0.25, 0.3) is 0 Å². The molecule has 0 radical (unpaired) electrons. The van der Waals surface area contributed by atoms with E-state index in [1.807, 2.05) is 6.92 Å². The Labute approximate surface area is 111 Å². The van der Waals surface area contributed by atoms with Crippen LogP contribution in [0.4, 0.5) is 0 Å². The van der Waals surface area contributed by atoms with Crippen LogP contribution in [0.1, 0.15) is 37.3 Å². The number of hydrogen-bond acceptors (Lipinski definition) is 4. The molecule has 1 saturated heterocycles. The Bertz CT molecular complexity index is 512. The van der Waals surface area contributed by atoms with Crippen LogP contribution in [0.3, 0.4) is 0 Å². The Hall–Kier alpha value is -1.69. The van der Waals surface area contributed by atoms with Crippen molar-refractivity contribution in [2.75, 3.05) is 20.3 Å². The van der Waals surface area contributed by atoms with Gasteiger partial charge in [0.2, 0.25) is 5.91 Å². The molecule has 1 N–H and O–H groups in total. The zero-order valence-corrected chi connectivity index (χ0v) is 11.3. The predicted molar refractivity (Wildman–Crippen MR) is 69.8 cm³/mol. The Morgan fingerprint density at radius 2 is 2.42 bits per heavy atom. The van der Waals surface area contributed by atoms with Gasteiger partial charge in [0, 0.05) is 25.4 Å². The van der Waals surface area contributed by atoms with Crippen molar-refractivity contribution in [3.8, 4) is 0 Å². The highest BCUT2D eigenvalue weighted by Crippen LogP contribution is 2.29. The molecule has 104 valence electrons. The number of hydrogen-bond donors (Lipinski definition) is 1. The highest BCUT2D eigenvalue weighted by atomic mass is 16.5. The van der Waals surface area contributed by atoms with Crippen molar-refractivity contribution >= 4 is 5.91 Å². The zero-order chi connectivity index (χ0) is 13.8. The van der Waals surface area contributed by atoms with E-state index in [4.69, 9.17) is 4.74 Å². The van der Waals surface area contributed by atoms with Crippen molar-refractivity contribution in [3.63, 3.8) is 0 Å². The number of methoxy groups -OCH3 is 1. The third-order valence-electron chi connectivity index (χ3n) is 3.33. The Kier molecular flexibility index (Phi) is 4.31. The van der Waals surface area contributed by atoms with Crippen molar-refractivity contribution in [1.29, 1.82) is 0 Å². The van der Waals surface area contributed by atoms with Crippen LogP contribution in [0, 0.1) is 0 Å². The van der Waals surface area contributed by atoms with Gasteiger partial charge in [0.1, 0.15) is 12.4 Å². The van der Waals surface area contributed by atoms with E-state index < -0.39 is 0 Å². The fourth-order valence-electron chi connectivity index (χ4n) is 2.42. The molecule has 0 spiro atoms. The van der Waals surface area contributed by atoms with Crippen LogP contribution in [0.15, 0.2) is 10.9 Å². The van der Waals surface area contributed by atoms with Gasteiger partial charge in [-0.15, -0.1) is 0 Å². The number of aryl methyl sites for hydroxylation is 1. The Balaban J connectivity index is 2.27. The zero-order valence-electron chi connectivity index (χ0n) is 11.3. The summed E-state index contributed by atoms with van der Waals surface area (Å²) in [5.41, 5.74) is 0.595. The normalized spacial score (nSPS) is 18.8. The molecule has 2 rings (SSSR count). The molecule has 1 unspecified atom stereocenters. The average molecular weight is 265 g/mol. The molecule has 6 nitrogen and oxygen atoms in total. The van der Waals surface area contributed by atoms with Crippen LogP contribution in [-0.4, -0.2) is 41.0 Å². The maximum atomic E-state index is 11.9. The first-order chi connectivity index (χ1) is 9.15. The summed E-state index contributed by atoms with van der Waals surface area (Å²) in [5.74, 6) is 0.529. The minimum absolute atomic E-state index is 0.0606. The molecular weight excluding hydrogens is 246 g/mol. The van der Waals surface area contributed by atoms with Crippen LogP contribution in [0.2, 0.25) is 0 Å². The fourth-order valence-corrected chi connectivity index (χ4v) is 2.42. The minimum Gasteiger partial charge on any atom is -0.375 e. The average Bonchev–Trinajstić information content (AvgIpc) is 2.87. The Morgan fingerprint density at radius 1 is 1.63 bits per heavy atom. The second-order valence-corrected chi connectivity index (χ2v) is 4.65. The number of nitrogens with zero attached hydrogens (tertiary/aromatic N) is 2. The number of likely N-dealkylation sites (tertiary alicyclic amines) is 1. The smallest absolute Gasteiger partial charge is 0.251 e. The summed E-state index contributed by atoms with van der Waals surface area (Å²) >= 11 is 0. The minimum atomic E-state index is -0.159. The molecule has 0 aromatic carbocycles. The van der Waals surface area contributed by atoms with E-state index in [9.17, 15) is 9.59 Å². The van der Waals surface area contributed by atoms with Gasteiger partial charge in [0.05, 0.1) is 6.04 Å². The monoisotopic (exact) mass is 265 g/mol. The SMILES string of the molecule is CCc1cc(=O)[nH]c(C2CCCN2C(=O)COC)n1. The van der Waals surface area contributed by atoms with E-state index in [0.717, 1.165) is 18.5 Å². The molecule has 0 aliphatic carbocycles. The second-order valence-electron chi connectivity index (χ2n) is 4.65. The number of carbonyl (C=O) groups excluding carboxylic acids is 1. The lowest BCUT2D eigenvalue weighted by molar-refractivity contribution is -0.136. The Morgan fingerprint density at radius 3 is 3.11 bits per heavy atom. The number of ether oxygens (including phenoxy) is 1. The van der Waals surface area contributed by atoms with Gasteiger partial charge in [-0.05, 0) is 19.3 Å². The number of carbonyl (C=O) groups is 1. The van der Waals surface area contributed by atoms with Gasteiger partial charge in [-0.25, -0.2) is 4.98 Å². The molecule has 1 aromatic rings. The third-order valence-corrected chi connectivity index (χ3v) is 3.33. The third kappa shape index (κ3) is 3.01. The van der Waals surface area contributed by atoms with Gasteiger partial charge in [-0.2, -0.15) is 0 Å². The molecule has 1 aliphatic rings. The summed E-state index contributed by atoms with van der Waals surface area (Å²) in [6.45, 7) is 2.70. The molecular formula is C13H19N3O3. The summed E-state index contributed by atoms with van der Waals surface area (Å²) in [5, 5.41) is 0. The number of aromatic amines is 1. The maximum absolute atomic E-state index is 11.9. The van der Waals surface area contributed by atoms with Crippen LogP contribution in [-0.2, 0) is 16.0 Å². The summed E-state index contributed by atoms with van der Waals surface area (Å²) < 4.78 is 4.89. The van der Waals surface area contributed by atoms with Gasteiger partial charge < -0.3 is 14.6 Å². The van der Waals surface area contributed by atoms with Crippen molar-refractivity contribution in [3.05, 3.63) is 27.9 Å². The highest BCUT2D eigenvalue weighted by Gasteiger charge is 2.31. The summed E-state index contributed by atoms with van der Waals surface area (Å²) in [4.78, 5) is 32.5. The maximum Gasteiger partial charge on any atom is 0.251 e. The summed E-state index contributed by atoms with van der Waals surface area (Å²) in [6.07, 6.45) is 2.45. The molecule has 0 bridgehead atoms. The van der Waals surface area contributed by atoms with Crippen molar-refractivity contribution in [2.24, 2.45) is 0 Å². The molecule has 1 aromatic heterocycles. The van der Waals surface area contributed by atoms with Gasteiger partial charge in [0.15, 0.2) is 0 Å². The largest absolute Gasteiger partial charge is 0.375 e. The first kappa shape index (κ1) is 13.7. The van der Waals surface area contributed by atoms with Gasteiger partial charge in [-0.1, -0.05) is 6.92 Å². The van der Waals surface area contributed by atoms with Crippen molar-refractivity contribution in [1.82, 2.24) is 14.9 Å². The molecule has 1 amide bonds. The van der Waals surface area contributed by atoms with Crippen LogP contribution < -0.4 is 5.56 Å². The number of rotatable bonds is 4. The van der Waals surface area contributed by atoms with Crippen LogP contribution >= 0.6 is 0 Å². The fraction of sp³-hybridized carbons (Fsp3) is 0.615. The molecule has 6 heteroatoms. The standard InChI is InChI=1S/C13H19N3O3/c1-3-9-7-11(17)15-13(14-9)10-5-4-6-16(10)12(18)8-19-2/h7,10H,3-6,8H2,1-2H3,(H,14,15,17). The molecule has 1 atom stereocenters. The predicted octanol–water partition coefficient (Wildman–Crippen LogP) is 0.642. The number of aromatic nitrogens is 2. The summed E-state index contributed by atoms with van der Waals surface area (Å²) in [7, 11) is 1.50. The first-order valence-electron chi connectivity index (χ1n) is 6.54. The van der Waals surface area contributed by atoms with Crippen LogP contribution in [0.5, 0.6) is 0 Å². The molecule has 1 aliphatic heterocycles. The van der Waals surface area contributed by atoms with Crippen molar-refractivity contribution < 1.29 is 9.53 Å².